The van der Waals surface area contributed by atoms with E-state index in [-0.39, 0.29) is 12.2 Å². The Hall–Kier alpha value is -3.16. The lowest BCUT2D eigenvalue weighted by atomic mass is 9.67. The molecule has 1 atom stereocenters. The molecule has 7 heteroatoms. The van der Waals surface area contributed by atoms with Crippen LogP contribution in [-0.2, 0) is 5.41 Å². The summed E-state index contributed by atoms with van der Waals surface area (Å²) in [6.07, 6.45) is 0.0720. The predicted molar refractivity (Wildman–Crippen MR) is 103 cm³/mol. The summed E-state index contributed by atoms with van der Waals surface area (Å²) in [6.45, 7) is 0.125. The van der Waals surface area contributed by atoms with Crippen LogP contribution in [0.5, 0.6) is 0 Å². The Labute approximate surface area is 165 Å². The van der Waals surface area contributed by atoms with Crippen LogP contribution in [0, 0.1) is 17.5 Å². The molecule has 29 heavy (non-hydrogen) atoms. The van der Waals surface area contributed by atoms with Gasteiger partial charge in [0.25, 0.3) is 0 Å². The monoisotopic (exact) mass is 397 g/mol. The molecule has 0 spiro atoms. The maximum Gasteiger partial charge on any atom is 0.144 e. The molecule has 0 aliphatic carbocycles. The lowest BCUT2D eigenvalue weighted by Crippen LogP contribution is -2.55. The number of hydrogen-bond acceptors (Lipinski definition) is 4. The molecule has 0 amide bonds. The Morgan fingerprint density at radius 1 is 0.862 bits per heavy atom. The average molecular weight is 397 g/mol. The summed E-state index contributed by atoms with van der Waals surface area (Å²) in [7, 11) is 0. The standard InChI is InChI=1S/C22H18F3N3O/c23-17-9-5-15(6-10-17)22(16-7-11-18(24)12-8-16,19-3-1-2-4-20(19)25)21(29)28-14-26-13-27-28/h1-13,21,29H,14H2,(H,26,27). The zero-order valence-electron chi connectivity index (χ0n) is 15.3. The normalized spacial score (nSPS) is 15.3. The van der Waals surface area contributed by atoms with E-state index in [0.29, 0.717) is 11.1 Å². The van der Waals surface area contributed by atoms with Crippen LogP contribution < -0.4 is 5.43 Å². The largest absolute Gasteiger partial charge is 0.375 e. The molecule has 3 aromatic rings. The Balaban J connectivity index is 2.05. The van der Waals surface area contributed by atoms with Gasteiger partial charge < -0.3 is 10.5 Å². The van der Waals surface area contributed by atoms with E-state index < -0.39 is 29.1 Å². The second-order valence-corrected chi connectivity index (χ2v) is 6.73. The highest BCUT2D eigenvalue weighted by Crippen LogP contribution is 2.44. The number of halogens is 3. The van der Waals surface area contributed by atoms with Gasteiger partial charge in [0, 0.05) is 5.56 Å². The van der Waals surface area contributed by atoms with Gasteiger partial charge >= 0.3 is 0 Å². The van der Waals surface area contributed by atoms with Gasteiger partial charge in [0.2, 0.25) is 0 Å². The third-order valence-electron chi connectivity index (χ3n) is 5.13. The first-order valence-corrected chi connectivity index (χ1v) is 9.00. The highest BCUT2D eigenvalue weighted by molar-refractivity contribution is 5.56. The first-order chi connectivity index (χ1) is 14.0. The molecular formula is C22H18F3N3O. The SMILES string of the molecule is OC(N1CN=CN1)C(c1ccc(F)cc1)(c1ccc(F)cc1)c1ccccc1F. The zero-order valence-corrected chi connectivity index (χ0v) is 15.3. The smallest absolute Gasteiger partial charge is 0.144 e. The van der Waals surface area contributed by atoms with E-state index >= 15 is 4.39 Å². The highest BCUT2D eigenvalue weighted by Gasteiger charge is 2.48. The van der Waals surface area contributed by atoms with E-state index in [1.54, 1.807) is 18.2 Å². The van der Waals surface area contributed by atoms with E-state index in [0.717, 1.165) is 0 Å². The summed E-state index contributed by atoms with van der Waals surface area (Å²) in [5, 5.41) is 12.9. The fourth-order valence-electron chi connectivity index (χ4n) is 3.79. The fourth-order valence-corrected chi connectivity index (χ4v) is 3.79. The fraction of sp³-hybridized carbons (Fsp3) is 0.136. The molecule has 1 aliphatic heterocycles. The second-order valence-electron chi connectivity index (χ2n) is 6.73. The molecule has 1 aliphatic rings. The van der Waals surface area contributed by atoms with Crippen molar-refractivity contribution in [1.29, 1.82) is 0 Å². The molecule has 0 bridgehead atoms. The van der Waals surface area contributed by atoms with Gasteiger partial charge in [0.15, 0.2) is 0 Å². The second kappa shape index (κ2) is 7.69. The van der Waals surface area contributed by atoms with Crippen molar-refractivity contribution in [2.45, 2.75) is 11.6 Å². The summed E-state index contributed by atoms with van der Waals surface area (Å²) >= 11 is 0. The molecule has 3 aromatic carbocycles. The van der Waals surface area contributed by atoms with Crippen LogP contribution in [0.25, 0.3) is 0 Å². The number of rotatable bonds is 5. The summed E-state index contributed by atoms with van der Waals surface area (Å²) < 4.78 is 42.5. The molecule has 1 heterocycles. The third-order valence-corrected chi connectivity index (χ3v) is 5.13. The summed E-state index contributed by atoms with van der Waals surface area (Å²) in [6, 6.07) is 17.0. The van der Waals surface area contributed by atoms with E-state index in [1.165, 1.54) is 65.9 Å². The summed E-state index contributed by atoms with van der Waals surface area (Å²) in [4.78, 5) is 4.05. The van der Waals surface area contributed by atoms with E-state index in [4.69, 9.17) is 0 Å². The van der Waals surface area contributed by atoms with Gasteiger partial charge in [-0.05, 0) is 41.5 Å². The van der Waals surface area contributed by atoms with Gasteiger partial charge in [-0.25, -0.2) is 13.2 Å². The van der Waals surface area contributed by atoms with Gasteiger partial charge in [-0.3, -0.25) is 4.99 Å². The number of nitrogens with zero attached hydrogens (tertiary/aromatic N) is 2. The molecule has 4 nitrogen and oxygen atoms in total. The van der Waals surface area contributed by atoms with Crippen molar-refractivity contribution in [2.75, 3.05) is 6.67 Å². The van der Waals surface area contributed by atoms with Crippen LogP contribution in [0.2, 0.25) is 0 Å². The molecule has 4 rings (SSSR count). The average Bonchev–Trinajstić information content (AvgIpc) is 3.27. The molecule has 0 aromatic heterocycles. The number of aliphatic hydroxyl groups excluding tert-OH is 1. The van der Waals surface area contributed by atoms with Crippen molar-refractivity contribution < 1.29 is 18.3 Å². The van der Waals surface area contributed by atoms with Crippen LogP contribution in [-0.4, -0.2) is 29.4 Å². The van der Waals surface area contributed by atoms with E-state index in [2.05, 4.69) is 10.4 Å². The number of hydrogen-bond donors (Lipinski definition) is 2. The molecule has 0 saturated heterocycles. The van der Waals surface area contributed by atoms with Crippen LogP contribution in [0.15, 0.2) is 77.8 Å². The van der Waals surface area contributed by atoms with Gasteiger partial charge in [0.1, 0.15) is 30.3 Å². The Bertz CT molecular complexity index is 969. The number of aliphatic imine (C=N–C) groups is 1. The third kappa shape index (κ3) is 3.28. The lowest BCUT2D eigenvalue weighted by Gasteiger charge is -2.43. The highest BCUT2D eigenvalue weighted by atomic mass is 19.1. The quantitative estimate of drug-likeness (QED) is 0.648. The molecule has 0 radical (unpaired) electrons. The number of aliphatic hydroxyl groups is 1. The van der Waals surface area contributed by atoms with Crippen molar-refractivity contribution in [1.82, 2.24) is 10.4 Å². The van der Waals surface area contributed by atoms with Crippen molar-refractivity contribution >= 4 is 6.34 Å². The Morgan fingerprint density at radius 3 is 1.90 bits per heavy atom. The van der Waals surface area contributed by atoms with Crippen LogP contribution in [0.3, 0.4) is 0 Å². The first-order valence-electron chi connectivity index (χ1n) is 9.00. The summed E-state index contributed by atoms with van der Waals surface area (Å²) in [5.41, 5.74) is 2.39. The van der Waals surface area contributed by atoms with Gasteiger partial charge in [0.05, 0.1) is 11.8 Å². The number of benzene rings is 3. The number of hydrazine groups is 1. The summed E-state index contributed by atoms with van der Waals surface area (Å²) in [5.74, 6) is -1.49. The van der Waals surface area contributed by atoms with E-state index in [9.17, 15) is 13.9 Å². The van der Waals surface area contributed by atoms with Gasteiger partial charge in [-0.1, -0.05) is 42.5 Å². The Kier molecular flexibility index (Phi) is 5.08. The molecule has 0 fully saturated rings. The minimum Gasteiger partial charge on any atom is -0.375 e. The van der Waals surface area contributed by atoms with Crippen molar-refractivity contribution in [3.05, 3.63) is 107 Å². The lowest BCUT2D eigenvalue weighted by molar-refractivity contribution is -0.0415. The first kappa shape index (κ1) is 19.2. The minimum absolute atomic E-state index is 0.125. The molecule has 0 saturated carbocycles. The van der Waals surface area contributed by atoms with Crippen molar-refractivity contribution in [3.8, 4) is 0 Å². The zero-order chi connectivity index (χ0) is 20.4. The van der Waals surface area contributed by atoms with Crippen molar-refractivity contribution in [3.63, 3.8) is 0 Å². The van der Waals surface area contributed by atoms with Gasteiger partial charge in [-0.15, -0.1) is 0 Å². The molecule has 1 unspecified atom stereocenters. The molecule has 148 valence electrons. The molecular weight excluding hydrogens is 379 g/mol. The predicted octanol–water partition coefficient (Wildman–Crippen LogP) is 3.56. The van der Waals surface area contributed by atoms with Crippen molar-refractivity contribution in [2.24, 2.45) is 4.99 Å². The van der Waals surface area contributed by atoms with Gasteiger partial charge in [-0.2, -0.15) is 5.01 Å². The molecule has 2 N–H and O–H groups in total. The van der Waals surface area contributed by atoms with Crippen LogP contribution in [0.1, 0.15) is 16.7 Å². The maximum absolute atomic E-state index is 15.1. The number of nitrogens with one attached hydrogen (secondary N) is 1. The van der Waals surface area contributed by atoms with Crippen LogP contribution in [0.4, 0.5) is 13.2 Å². The van der Waals surface area contributed by atoms with E-state index in [1.807, 2.05) is 0 Å². The Morgan fingerprint density at radius 2 is 1.41 bits per heavy atom. The maximum atomic E-state index is 15.1. The topological polar surface area (TPSA) is 47.9 Å². The van der Waals surface area contributed by atoms with Crippen LogP contribution >= 0.6 is 0 Å². The minimum atomic E-state index is -1.49.